The maximum Gasteiger partial charge on any atom is 0.141 e. The first kappa shape index (κ1) is 14.3. The second-order valence-corrected chi connectivity index (χ2v) is 6.03. The average molecular weight is 258 g/mol. The van der Waals surface area contributed by atoms with Crippen LogP contribution in [0.3, 0.4) is 0 Å². The summed E-state index contributed by atoms with van der Waals surface area (Å²) in [4.78, 5) is 0. The molecule has 0 saturated carbocycles. The van der Waals surface area contributed by atoms with E-state index in [2.05, 4.69) is 20.8 Å². The molecule has 0 aromatic carbocycles. The molecule has 1 unspecified atom stereocenters. The van der Waals surface area contributed by atoms with Gasteiger partial charge in [-0.05, 0) is 34.6 Å². The Kier molecular flexibility index (Phi) is 4.32. The molecule has 2 aliphatic rings. The zero-order chi connectivity index (χ0) is 13.3. The summed E-state index contributed by atoms with van der Waals surface area (Å²) in [5, 5.41) is 0. The van der Waals surface area contributed by atoms with Gasteiger partial charge in [0.2, 0.25) is 0 Å². The molecular weight excluding hydrogens is 232 g/mol. The van der Waals surface area contributed by atoms with Gasteiger partial charge in [0.25, 0.3) is 0 Å². The van der Waals surface area contributed by atoms with Crippen LogP contribution in [0.2, 0.25) is 0 Å². The van der Waals surface area contributed by atoms with Crippen LogP contribution in [0.4, 0.5) is 0 Å². The van der Waals surface area contributed by atoms with Crippen LogP contribution < -0.4 is 0 Å². The van der Waals surface area contributed by atoms with Crippen LogP contribution in [0.5, 0.6) is 0 Å². The van der Waals surface area contributed by atoms with Crippen molar-refractivity contribution in [2.24, 2.45) is 5.92 Å². The third kappa shape index (κ3) is 2.72. The highest BCUT2D eigenvalue weighted by Crippen LogP contribution is 2.42. The minimum Gasteiger partial charge on any atom is -0.378 e. The predicted octanol–water partition coefficient (Wildman–Crippen LogP) is 2.01. The molecule has 2 rings (SSSR count). The number of fused-ring (bicyclic) bond motifs is 2. The highest BCUT2D eigenvalue weighted by atomic mass is 16.6. The molecule has 0 radical (unpaired) electrons. The van der Waals surface area contributed by atoms with Crippen molar-refractivity contribution in [1.82, 2.24) is 0 Å². The normalized spacial score (nSPS) is 39.8. The Balaban J connectivity index is 2.12. The Morgan fingerprint density at radius 3 is 2.56 bits per heavy atom. The Morgan fingerprint density at radius 1 is 1.22 bits per heavy atom. The summed E-state index contributed by atoms with van der Waals surface area (Å²) in [6.45, 7) is 12.1. The van der Waals surface area contributed by atoms with Crippen LogP contribution in [-0.4, -0.2) is 49.8 Å². The maximum atomic E-state index is 6.16. The minimum absolute atomic E-state index is 0.0833. The molecule has 2 heterocycles. The Labute approximate surface area is 110 Å². The van der Waals surface area contributed by atoms with E-state index in [0.717, 1.165) is 6.61 Å². The Bertz CT molecular complexity index is 279. The maximum absolute atomic E-state index is 6.16. The first-order chi connectivity index (χ1) is 8.44. The van der Waals surface area contributed by atoms with Gasteiger partial charge in [-0.1, -0.05) is 0 Å². The lowest BCUT2D eigenvalue weighted by molar-refractivity contribution is -0.196. The summed E-state index contributed by atoms with van der Waals surface area (Å²) in [7, 11) is 0. The monoisotopic (exact) mass is 258 g/mol. The molecule has 2 saturated heterocycles. The van der Waals surface area contributed by atoms with E-state index in [4.69, 9.17) is 18.9 Å². The smallest absolute Gasteiger partial charge is 0.141 e. The molecule has 0 aromatic rings. The molecule has 0 N–H and O–H groups in total. The summed E-state index contributed by atoms with van der Waals surface area (Å²) in [5.41, 5.74) is -0.420. The van der Waals surface area contributed by atoms with Gasteiger partial charge in [-0.25, -0.2) is 0 Å². The van der Waals surface area contributed by atoms with Gasteiger partial charge in [0.1, 0.15) is 5.60 Å². The van der Waals surface area contributed by atoms with E-state index < -0.39 is 5.60 Å². The van der Waals surface area contributed by atoms with Gasteiger partial charge in [-0.15, -0.1) is 0 Å². The molecule has 0 aromatic heterocycles. The van der Waals surface area contributed by atoms with Gasteiger partial charge >= 0.3 is 0 Å². The molecule has 2 bridgehead atoms. The molecule has 0 spiro atoms. The predicted molar refractivity (Wildman–Crippen MR) is 68.7 cm³/mol. The van der Waals surface area contributed by atoms with Gasteiger partial charge in [0, 0.05) is 5.92 Å². The molecule has 106 valence electrons. The number of ether oxygens (including phenoxy) is 4. The zero-order valence-corrected chi connectivity index (χ0v) is 12.1. The quantitative estimate of drug-likeness (QED) is 0.756. The first-order valence-electron chi connectivity index (χ1n) is 6.97. The lowest BCUT2D eigenvalue weighted by atomic mass is 9.87. The van der Waals surface area contributed by atoms with Crippen LogP contribution in [0.25, 0.3) is 0 Å². The first-order valence-corrected chi connectivity index (χ1v) is 6.97. The number of hydrogen-bond acceptors (Lipinski definition) is 4. The van der Waals surface area contributed by atoms with Gasteiger partial charge in [0.05, 0.1) is 44.2 Å². The van der Waals surface area contributed by atoms with Crippen molar-refractivity contribution in [3.05, 3.63) is 0 Å². The van der Waals surface area contributed by atoms with E-state index in [9.17, 15) is 0 Å². The molecule has 4 atom stereocenters. The van der Waals surface area contributed by atoms with E-state index in [1.807, 2.05) is 13.8 Å². The molecule has 4 nitrogen and oxygen atoms in total. The highest BCUT2D eigenvalue weighted by molar-refractivity contribution is 5.04. The van der Waals surface area contributed by atoms with E-state index in [1.54, 1.807) is 0 Å². The van der Waals surface area contributed by atoms with Crippen molar-refractivity contribution >= 4 is 0 Å². The molecule has 0 amide bonds. The standard InChI is InChI=1S/C14H26O4/c1-9(2)16-8-14-7-15-6-12(11(5)18-14)13(14)17-10(3)4/h9-13H,6-8H2,1-5H3/t11-,12?,13+,14+/m0/s1. The molecular formula is C14H26O4. The van der Waals surface area contributed by atoms with Crippen molar-refractivity contribution in [3.8, 4) is 0 Å². The molecule has 18 heavy (non-hydrogen) atoms. The van der Waals surface area contributed by atoms with Crippen molar-refractivity contribution in [1.29, 1.82) is 0 Å². The lowest BCUT2D eigenvalue weighted by Gasteiger charge is -2.39. The fraction of sp³-hybridized carbons (Fsp3) is 1.00. The van der Waals surface area contributed by atoms with E-state index in [-0.39, 0.29) is 24.4 Å². The van der Waals surface area contributed by atoms with Crippen LogP contribution in [0.15, 0.2) is 0 Å². The van der Waals surface area contributed by atoms with Crippen LogP contribution in [0, 0.1) is 5.92 Å². The second kappa shape index (κ2) is 5.45. The van der Waals surface area contributed by atoms with Crippen LogP contribution in [-0.2, 0) is 18.9 Å². The number of hydrogen-bond donors (Lipinski definition) is 0. The summed E-state index contributed by atoms with van der Waals surface area (Å²) in [6.07, 6.45) is 0.647. The summed E-state index contributed by atoms with van der Waals surface area (Å²) in [6, 6.07) is 0. The molecule has 4 heteroatoms. The van der Waals surface area contributed by atoms with Crippen molar-refractivity contribution < 1.29 is 18.9 Å². The average Bonchev–Trinajstić information content (AvgIpc) is 2.44. The largest absolute Gasteiger partial charge is 0.378 e. The van der Waals surface area contributed by atoms with Gasteiger partial charge in [0.15, 0.2) is 0 Å². The zero-order valence-electron chi connectivity index (χ0n) is 12.1. The summed E-state index contributed by atoms with van der Waals surface area (Å²) in [5.74, 6) is 0.317. The van der Waals surface area contributed by atoms with E-state index in [0.29, 0.717) is 19.1 Å². The fourth-order valence-corrected chi connectivity index (χ4v) is 2.85. The Morgan fingerprint density at radius 2 is 1.94 bits per heavy atom. The summed E-state index contributed by atoms with van der Waals surface area (Å²) < 4.78 is 23.7. The lowest BCUT2D eigenvalue weighted by Crippen LogP contribution is -2.55. The minimum atomic E-state index is -0.420. The highest BCUT2D eigenvalue weighted by Gasteiger charge is 2.57. The van der Waals surface area contributed by atoms with Gasteiger partial charge in [-0.3, -0.25) is 0 Å². The van der Waals surface area contributed by atoms with Crippen LogP contribution in [0.1, 0.15) is 34.6 Å². The van der Waals surface area contributed by atoms with Crippen molar-refractivity contribution in [3.63, 3.8) is 0 Å². The summed E-state index contributed by atoms with van der Waals surface area (Å²) >= 11 is 0. The van der Waals surface area contributed by atoms with E-state index >= 15 is 0 Å². The van der Waals surface area contributed by atoms with Crippen molar-refractivity contribution in [2.75, 3.05) is 19.8 Å². The number of rotatable bonds is 5. The third-order valence-corrected chi connectivity index (χ3v) is 3.67. The SMILES string of the molecule is CC(C)OC[C@@]12COCC([C@H](C)O1)[C@H]2OC(C)C. The molecule has 0 aliphatic carbocycles. The molecule has 2 fully saturated rings. The van der Waals surface area contributed by atoms with Gasteiger partial charge in [-0.2, -0.15) is 0 Å². The fourth-order valence-electron chi connectivity index (χ4n) is 2.85. The van der Waals surface area contributed by atoms with E-state index in [1.165, 1.54) is 0 Å². The van der Waals surface area contributed by atoms with Gasteiger partial charge < -0.3 is 18.9 Å². The molecule has 2 aliphatic heterocycles. The van der Waals surface area contributed by atoms with Crippen LogP contribution >= 0.6 is 0 Å². The Hall–Kier alpha value is -0.160. The van der Waals surface area contributed by atoms with Crippen molar-refractivity contribution in [2.45, 2.75) is 64.6 Å². The topological polar surface area (TPSA) is 36.9 Å². The second-order valence-electron chi connectivity index (χ2n) is 6.03. The third-order valence-electron chi connectivity index (χ3n) is 3.67.